The number of aryl methyl sites for hydroxylation is 5. The maximum atomic E-state index is 3.76. The van der Waals surface area contributed by atoms with Gasteiger partial charge in [-0.3, -0.25) is 0 Å². The molecule has 6 aromatic carbocycles. The van der Waals surface area contributed by atoms with Crippen LogP contribution in [-0.2, 0) is 38.5 Å². The van der Waals surface area contributed by atoms with Crippen LogP contribution in [0.2, 0.25) is 0 Å². The lowest BCUT2D eigenvalue weighted by Crippen LogP contribution is -1.84. The van der Waals surface area contributed by atoms with Gasteiger partial charge in [0, 0.05) is 45.1 Å². The molecule has 0 amide bonds. The lowest BCUT2D eigenvalue weighted by Gasteiger charge is -2.00. The molecule has 0 N–H and O–H groups in total. The zero-order chi connectivity index (χ0) is 76.4. The summed E-state index contributed by atoms with van der Waals surface area (Å²) >= 11 is 0. The summed E-state index contributed by atoms with van der Waals surface area (Å²) in [6.07, 6.45) is 79.2. The second-order valence-corrected chi connectivity index (χ2v) is 27.1. The van der Waals surface area contributed by atoms with E-state index in [0.717, 1.165) is 18.4 Å². The van der Waals surface area contributed by atoms with Crippen molar-refractivity contribution in [2.45, 2.75) is 362 Å². The average molecular weight is 1490 g/mol. The van der Waals surface area contributed by atoms with E-state index >= 15 is 0 Å². The normalized spacial score (nSPS) is 9.98. The van der Waals surface area contributed by atoms with Crippen LogP contribution in [-0.4, -0.2) is 0 Å². The summed E-state index contributed by atoms with van der Waals surface area (Å²) < 4.78 is 0. The van der Waals surface area contributed by atoms with Gasteiger partial charge in [-0.25, -0.2) is 0 Å². The molecule has 0 bridgehead atoms. The molecule has 0 saturated carbocycles. The highest BCUT2D eigenvalue weighted by molar-refractivity contribution is 5.30. The second-order valence-electron chi connectivity index (χ2n) is 27.1. The molecule has 0 spiro atoms. The highest BCUT2D eigenvalue weighted by atomic mass is 14.0. The summed E-state index contributed by atoms with van der Waals surface area (Å²) in [4.78, 5) is 0. The lowest BCUT2D eigenvalue weighted by molar-refractivity contribution is 0.632. The Balaban J connectivity index is -0.000000127. The third kappa shape index (κ3) is 96.8. The zero-order valence-corrected chi connectivity index (χ0v) is 70.3. The fourth-order valence-corrected chi connectivity index (χ4v) is 10.6. The first kappa shape index (κ1) is 118. The first-order chi connectivity index (χ1) is 51.2. The summed E-state index contributed by atoms with van der Waals surface area (Å²) in [5.74, 6) is 0. The van der Waals surface area contributed by atoms with Crippen molar-refractivity contribution >= 4 is 0 Å². The number of rotatable bonds is 40. The summed E-state index contributed by atoms with van der Waals surface area (Å²) in [5.41, 5.74) is 12.6. The molecule has 109 heavy (non-hydrogen) atoms. The summed E-state index contributed by atoms with van der Waals surface area (Å²) in [7, 11) is 0. The van der Waals surface area contributed by atoms with Gasteiger partial charge in [-0.2, -0.15) is 0 Å². The van der Waals surface area contributed by atoms with Crippen LogP contribution in [0.15, 0.2) is 255 Å². The van der Waals surface area contributed by atoms with E-state index in [-0.39, 0.29) is 40.0 Å². The molecular formula is C109H180+8. The molecule has 8 rings (SSSR count). The molecule has 608 valence electrons. The van der Waals surface area contributed by atoms with E-state index in [9.17, 15) is 0 Å². The third-order valence-electron chi connectivity index (χ3n) is 17.1. The number of allylic oxidation sites excluding steroid dienone is 10. The first-order valence-corrected chi connectivity index (χ1v) is 42.3. The van der Waals surface area contributed by atoms with Crippen molar-refractivity contribution in [3.05, 3.63) is 328 Å². The Morgan fingerprint density at radius 3 is 0.789 bits per heavy atom. The molecule has 2 aliphatic carbocycles. The van der Waals surface area contributed by atoms with Crippen LogP contribution >= 0.6 is 0 Å². The molecule has 2 aliphatic rings. The quantitative estimate of drug-likeness (QED) is 0.0156. The first-order valence-electron chi connectivity index (χ1n) is 42.3. The van der Waals surface area contributed by atoms with Crippen LogP contribution in [0.5, 0.6) is 0 Å². The Morgan fingerprint density at radius 2 is 0.633 bits per heavy atom. The van der Waals surface area contributed by atoms with Crippen LogP contribution in [0.1, 0.15) is 360 Å². The number of hydrogen-bond donors (Lipinski definition) is 0. The predicted molar refractivity (Wildman–Crippen MR) is 511 cm³/mol. The van der Waals surface area contributed by atoms with Gasteiger partial charge in [-0.15, -0.1) is 6.58 Å². The van der Waals surface area contributed by atoms with Gasteiger partial charge in [0.1, 0.15) is 24.6 Å². The van der Waals surface area contributed by atoms with Gasteiger partial charge < -0.3 is 0 Å². The van der Waals surface area contributed by atoms with E-state index in [1.807, 2.05) is 79.3 Å². The van der Waals surface area contributed by atoms with Crippen LogP contribution in [0, 0.1) is 40.2 Å². The van der Waals surface area contributed by atoms with Crippen LogP contribution in [0.25, 0.3) is 0 Å². The van der Waals surface area contributed by atoms with Crippen LogP contribution in [0.3, 0.4) is 0 Å². The molecule has 0 unspecified atom stereocenters. The summed E-state index contributed by atoms with van der Waals surface area (Å²) in [6.45, 7) is 33.2. The van der Waals surface area contributed by atoms with Gasteiger partial charge in [0.05, 0.1) is 44.6 Å². The maximum absolute atomic E-state index is 3.76. The molecule has 0 saturated heterocycles. The molecular weight excluding hydrogens is 1310 g/mol. The minimum atomic E-state index is 0. The van der Waals surface area contributed by atoms with E-state index in [1.54, 1.807) is 0 Å². The van der Waals surface area contributed by atoms with Crippen molar-refractivity contribution in [2.75, 3.05) is 0 Å². The Kier molecular flexibility index (Phi) is 113. The molecule has 0 aromatic heterocycles. The van der Waals surface area contributed by atoms with Crippen molar-refractivity contribution in [1.82, 2.24) is 0 Å². The molecule has 0 aliphatic heterocycles. The smallest absolute Gasteiger partial charge is 0.103 e. The SMILES string of the molecule is C.C.C.C.C=CCCC.CCCCCC.CCCCCCCc1ccccc1.CCCCCCCc1ccccc1.CCCCCCCc1ccccc1.CCCCCCCc1ccccc1.CCCCCCCc1ccccc1.C[CH+]CCCCC.[C+]1=CC=CC=C1.[CH2+]C1=C=C[CH+]C=C1.[CH2+]Cc1ccccc1.[CH3+].[H+].[H+]. The molecule has 0 radical (unpaired) electrons. The summed E-state index contributed by atoms with van der Waals surface area (Å²) in [6, 6.07) is 64.1. The van der Waals surface area contributed by atoms with E-state index in [4.69, 9.17) is 0 Å². The van der Waals surface area contributed by atoms with Crippen molar-refractivity contribution in [2.24, 2.45) is 0 Å². The monoisotopic (exact) mass is 1490 g/mol. The topological polar surface area (TPSA) is 0 Å². The molecule has 0 heteroatoms. The van der Waals surface area contributed by atoms with Gasteiger partial charge in [0.15, 0.2) is 5.57 Å². The molecule has 6 aromatic rings. The van der Waals surface area contributed by atoms with Gasteiger partial charge in [-0.05, 0) is 117 Å². The Labute approximate surface area is 689 Å². The minimum absolute atomic E-state index is 0. The van der Waals surface area contributed by atoms with Crippen molar-refractivity contribution < 1.29 is 2.85 Å². The van der Waals surface area contributed by atoms with Crippen molar-refractivity contribution in [1.29, 1.82) is 0 Å². The highest BCUT2D eigenvalue weighted by Gasteiger charge is 1.98. The summed E-state index contributed by atoms with van der Waals surface area (Å²) in [5, 5.41) is 0. The molecule has 0 atom stereocenters. The second kappa shape index (κ2) is 105. The third-order valence-corrected chi connectivity index (χ3v) is 17.1. The van der Waals surface area contributed by atoms with Gasteiger partial charge in [-0.1, -0.05) is 447 Å². The fourth-order valence-electron chi connectivity index (χ4n) is 10.6. The van der Waals surface area contributed by atoms with Crippen molar-refractivity contribution in [3.63, 3.8) is 0 Å². The molecule has 0 heterocycles. The van der Waals surface area contributed by atoms with Crippen molar-refractivity contribution in [3.8, 4) is 0 Å². The highest BCUT2D eigenvalue weighted by Crippen LogP contribution is 2.14. The minimum Gasteiger partial charge on any atom is -0.103 e. The molecule has 0 fully saturated rings. The molecule has 0 nitrogen and oxygen atoms in total. The lowest BCUT2D eigenvalue weighted by atomic mass is 10.1. The Bertz CT molecular complexity index is 2380. The van der Waals surface area contributed by atoms with Gasteiger partial charge >= 0.3 is 2.85 Å². The van der Waals surface area contributed by atoms with Gasteiger partial charge in [0.25, 0.3) is 0 Å². The average Bonchev–Trinajstić information content (AvgIpc) is 1.02. The zero-order valence-electron chi connectivity index (χ0n) is 72.3. The predicted octanol–water partition coefficient (Wildman–Crippen LogP) is 36.8. The standard InChI is InChI=1S/5C13H20.C8H9.C7H6.C7H15.C6H5.C6H14.C5H10.4CH4.CH3/c5*1-2-3-4-5-7-10-13-11-8-6-9-12-13;1-2-8-6-4-3-5-7-8;1-7-5-3-2-4-6-7;1-3-5-7-6-4-2;1-2-4-6-5-3-1;1-3-5-6-4-2;1-3-5-4-2;;;;;/h5*6,8-9,11-12H,2-5,7,10H2,1H3;3-7H,1-2H2;2-5H,1H2;3H,4-7H2,1-2H3;1-5H;3-6H2,1-2H3;3H,1,4-5H2,2H3;4*1H4;1H3/q;;;;;+1;+2;2*+1;;;;;;;+1/p+2. The van der Waals surface area contributed by atoms with E-state index in [0.29, 0.717) is 0 Å². The Morgan fingerprint density at radius 1 is 0.367 bits per heavy atom. The van der Waals surface area contributed by atoms with E-state index < -0.39 is 0 Å². The largest absolute Gasteiger partial charge is 1.00 e. The van der Waals surface area contributed by atoms with Gasteiger partial charge in [0.2, 0.25) is 0 Å². The van der Waals surface area contributed by atoms with E-state index in [1.165, 1.54) is 284 Å². The van der Waals surface area contributed by atoms with Crippen LogP contribution < -0.4 is 0 Å². The number of benzene rings is 6. The fraction of sp³-hybridized carbons (Fsp3) is 0.505. The Hall–Kier alpha value is -7.20. The van der Waals surface area contributed by atoms with Crippen LogP contribution in [0.4, 0.5) is 0 Å². The number of hydrogen-bond acceptors (Lipinski definition) is 0. The number of unbranched alkanes of at least 4 members (excludes halogenated alkanes) is 28. The maximum Gasteiger partial charge on any atom is 1.00 e. The van der Waals surface area contributed by atoms with E-state index in [2.05, 4.69) is 272 Å².